The van der Waals surface area contributed by atoms with Crippen LogP contribution in [0, 0.1) is 5.92 Å². The summed E-state index contributed by atoms with van der Waals surface area (Å²) in [6.45, 7) is 0. The number of carbonyl (C=O) groups is 1. The van der Waals surface area contributed by atoms with Gasteiger partial charge < -0.3 is 15.6 Å². The number of imidazole rings is 1. The summed E-state index contributed by atoms with van der Waals surface area (Å²) in [7, 11) is 2.01. The van der Waals surface area contributed by atoms with E-state index >= 15 is 0 Å². The Labute approximate surface area is 130 Å². The predicted molar refractivity (Wildman–Crippen MR) is 84.0 cm³/mol. The van der Waals surface area contributed by atoms with Gasteiger partial charge in [-0.15, -0.1) is 0 Å². The molecule has 0 aliphatic heterocycles. The molecule has 3 N–H and O–H groups in total. The molecule has 0 saturated heterocycles. The number of nitrogens with two attached hydrogens (primary N) is 1. The van der Waals surface area contributed by atoms with Crippen molar-refractivity contribution in [3.05, 3.63) is 12.4 Å². The summed E-state index contributed by atoms with van der Waals surface area (Å²) in [5.74, 6) is 1.19. The number of rotatable bonds is 7. The molecule has 5 nitrogen and oxygen atoms in total. The van der Waals surface area contributed by atoms with Crippen molar-refractivity contribution < 1.29 is 4.79 Å². The van der Waals surface area contributed by atoms with Gasteiger partial charge in [0.2, 0.25) is 5.91 Å². The number of amides is 1. The summed E-state index contributed by atoms with van der Waals surface area (Å²) in [4.78, 5) is 16.4. The zero-order valence-electron chi connectivity index (χ0n) is 12.5. The summed E-state index contributed by atoms with van der Waals surface area (Å²) < 4.78 is 2.03. The van der Waals surface area contributed by atoms with Crippen molar-refractivity contribution in [1.82, 2.24) is 14.9 Å². The first-order chi connectivity index (χ1) is 10.1. The Morgan fingerprint density at radius 1 is 1.57 bits per heavy atom. The van der Waals surface area contributed by atoms with Gasteiger partial charge in [0.25, 0.3) is 0 Å². The fourth-order valence-electron chi connectivity index (χ4n) is 3.43. The van der Waals surface area contributed by atoms with Gasteiger partial charge in [0.15, 0.2) is 5.16 Å². The van der Waals surface area contributed by atoms with Crippen molar-refractivity contribution in [1.29, 1.82) is 0 Å². The summed E-state index contributed by atoms with van der Waals surface area (Å²) in [5, 5.41) is 4.60. The Balaban J connectivity index is 1.60. The topological polar surface area (TPSA) is 72.9 Å². The Morgan fingerprint density at radius 2 is 2.38 bits per heavy atom. The lowest BCUT2D eigenvalue weighted by Gasteiger charge is -2.34. The van der Waals surface area contributed by atoms with E-state index in [1.807, 2.05) is 24.0 Å². The van der Waals surface area contributed by atoms with Gasteiger partial charge >= 0.3 is 0 Å². The molecule has 1 heterocycles. The minimum Gasteiger partial charge on any atom is -0.368 e. The third-order valence-electron chi connectivity index (χ3n) is 4.77. The van der Waals surface area contributed by atoms with Crippen molar-refractivity contribution >= 4 is 17.7 Å². The molecule has 6 heteroatoms. The van der Waals surface area contributed by atoms with Crippen LogP contribution >= 0.6 is 11.8 Å². The van der Waals surface area contributed by atoms with E-state index in [0.717, 1.165) is 36.6 Å². The minimum absolute atomic E-state index is 0.154. The van der Waals surface area contributed by atoms with E-state index in [2.05, 4.69) is 10.3 Å². The molecule has 0 aromatic carbocycles. The molecule has 1 amide bonds. The molecule has 116 valence electrons. The Kier molecular flexibility index (Phi) is 4.26. The first-order valence-corrected chi connectivity index (χ1v) is 8.78. The van der Waals surface area contributed by atoms with Gasteiger partial charge in [-0.2, -0.15) is 0 Å². The van der Waals surface area contributed by atoms with Crippen LogP contribution in [0.4, 0.5) is 0 Å². The maximum atomic E-state index is 12.1. The van der Waals surface area contributed by atoms with Crippen LogP contribution in [0.1, 0.15) is 38.5 Å². The van der Waals surface area contributed by atoms with E-state index in [9.17, 15) is 4.79 Å². The zero-order valence-corrected chi connectivity index (χ0v) is 13.4. The number of primary amides is 1. The summed E-state index contributed by atoms with van der Waals surface area (Å²) in [5.41, 5.74) is 5.31. The van der Waals surface area contributed by atoms with Gasteiger partial charge in [-0.3, -0.25) is 4.79 Å². The molecule has 0 spiro atoms. The fourth-order valence-corrected chi connectivity index (χ4v) is 4.41. The molecular formula is C15H24N4OS. The smallest absolute Gasteiger partial charge is 0.238 e. The first-order valence-electron chi connectivity index (χ1n) is 7.79. The summed E-state index contributed by atoms with van der Waals surface area (Å²) >= 11 is 1.76. The third kappa shape index (κ3) is 3.11. The van der Waals surface area contributed by atoms with Crippen LogP contribution in [0.15, 0.2) is 17.6 Å². The zero-order chi connectivity index (χ0) is 14.9. The summed E-state index contributed by atoms with van der Waals surface area (Å²) in [6.07, 6.45) is 10.3. The lowest BCUT2D eigenvalue weighted by molar-refractivity contribution is -0.126. The van der Waals surface area contributed by atoms with Gasteiger partial charge in [0.05, 0.1) is 0 Å². The van der Waals surface area contributed by atoms with Crippen molar-refractivity contribution in [2.75, 3.05) is 5.75 Å². The first kappa shape index (κ1) is 14.9. The van der Waals surface area contributed by atoms with E-state index < -0.39 is 5.54 Å². The SMILES string of the molecule is Cn1ccnc1SCCC1CCCC1(NC1CC1)C(N)=O. The average molecular weight is 308 g/mol. The summed E-state index contributed by atoms with van der Waals surface area (Å²) in [6, 6.07) is 0.514. The fraction of sp³-hybridized carbons (Fsp3) is 0.733. The molecular weight excluding hydrogens is 284 g/mol. The van der Waals surface area contributed by atoms with Gasteiger partial charge in [0, 0.05) is 31.2 Å². The largest absolute Gasteiger partial charge is 0.368 e. The normalized spacial score (nSPS) is 28.9. The number of hydrogen-bond acceptors (Lipinski definition) is 4. The second-order valence-electron chi connectivity index (χ2n) is 6.30. The molecule has 2 fully saturated rings. The van der Waals surface area contributed by atoms with Crippen molar-refractivity contribution in [3.63, 3.8) is 0 Å². The number of carbonyl (C=O) groups excluding carboxylic acids is 1. The van der Waals surface area contributed by atoms with Crippen LogP contribution in [-0.4, -0.2) is 32.8 Å². The third-order valence-corrected chi connectivity index (χ3v) is 5.87. The van der Waals surface area contributed by atoms with E-state index in [0.29, 0.717) is 12.0 Å². The highest BCUT2D eigenvalue weighted by molar-refractivity contribution is 7.99. The highest BCUT2D eigenvalue weighted by Gasteiger charge is 2.49. The van der Waals surface area contributed by atoms with Gasteiger partial charge in [-0.25, -0.2) is 4.98 Å². The number of nitrogens with zero attached hydrogens (tertiary/aromatic N) is 2. The molecule has 1 aromatic heterocycles. The molecule has 2 unspecified atom stereocenters. The van der Waals surface area contributed by atoms with Crippen molar-refractivity contribution in [2.45, 2.75) is 55.3 Å². The second-order valence-corrected chi connectivity index (χ2v) is 7.36. The van der Waals surface area contributed by atoms with Crippen LogP contribution in [0.2, 0.25) is 0 Å². The molecule has 2 atom stereocenters. The van der Waals surface area contributed by atoms with E-state index in [1.165, 1.54) is 12.8 Å². The number of aryl methyl sites for hydroxylation is 1. The molecule has 21 heavy (non-hydrogen) atoms. The Hall–Kier alpha value is -1.01. The van der Waals surface area contributed by atoms with Crippen LogP contribution in [0.25, 0.3) is 0 Å². The second kappa shape index (κ2) is 6.01. The van der Waals surface area contributed by atoms with Gasteiger partial charge in [-0.1, -0.05) is 18.2 Å². The van der Waals surface area contributed by atoms with Crippen molar-refractivity contribution in [2.24, 2.45) is 18.7 Å². The Morgan fingerprint density at radius 3 is 3.00 bits per heavy atom. The number of thioether (sulfide) groups is 1. The van der Waals surface area contributed by atoms with Gasteiger partial charge in [0.1, 0.15) is 5.54 Å². The Bertz CT molecular complexity index is 514. The molecule has 0 bridgehead atoms. The minimum atomic E-state index is -0.455. The molecule has 0 radical (unpaired) electrons. The maximum absolute atomic E-state index is 12.1. The van der Waals surface area contributed by atoms with E-state index in [1.54, 1.807) is 11.8 Å². The number of hydrogen-bond donors (Lipinski definition) is 2. The maximum Gasteiger partial charge on any atom is 0.238 e. The quantitative estimate of drug-likeness (QED) is 0.752. The predicted octanol–water partition coefficient (Wildman–Crippen LogP) is 1.68. The highest BCUT2D eigenvalue weighted by Crippen LogP contribution is 2.41. The average Bonchev–Trinajstić information content (AvgIpc) is 3.02. The van der Waals surface area contributed by atoms with Crippen molar-refractivity contribution in [3.8, 4) is 0 Å². The lowest BCUT2D eigenvalue weighted by Crippen LogP contribution is -2.58. The molecule has 3 rings (SSSR count). The van der Waals surface area contributed by atoms with Crippen LogP contribution in [0.5, 0.6) is 0 Å². The van der Waals surface area contributed by atoms with Crippen LogP contribution < -0.4 is 11.1 Å². The van der Waals surface area contributed by atoms with Crippen LogP contribution in [-0.2, 0) is 11.8 Å². The molecule has 2 aliphatic carbocycles. The lowest BCUT2D eigenvalue weighted by atomic mass is 9.84. The molecule has 2 saturated carbocycles. The standard InChI is InChI=1S/C15H24N4OS/c1-19-9-8-17-14(19)21-10-6-11-3-2-7-15(11,13(16)20)18-12-4-5-12/h8-9,11-12,18H,2-7,10H2,1H3,(H2,16,20). The highest BCUT2D eigenvalue weighted by atomic mass is 32.2. The molecule has 1 aromatic rings. The number of nitrogens with one attached hydrogen (secondary N) is 1. The number of aromatic nitrogens is 2. The van der Waals surface area contributed by atoms with E-state index in [4.69, 9.17) is 5.73 Å². The van der Waals surface area contributed by atoms with Crippen LogP contribution in [0.3, 0.4) is 0 Å². The van der Waals surface area contributed by atoms with E-state index in [-0.39, 0.29) is 5.91 Å². The van der Waals surface area contributed by atoms with Gasteiger partial charge in [-0.05, 0) is 38.0 Å². The monoisotopic (exact) mass is 308 g/mol. The molecule has 2 aliphatic rings.